The topological polar surface area (TPSA) is 99.0 Å². The molecule has 0 radical (unpaired) electrons. The molecule has 1 N–H and O–H groups in total. The van der Waals surface area contributed by atoms with Gasteiger partial charge in [-0.3, -0.25) is 14.6 Å². The Labute approximate surface area is 196 Å². The number of benzene rings is 2. The maximum atomic E-state index is 12.8. The molecule has 34 heavy (non-hydrogen) atoms. The van der Waals surface area contributed by atoms with Crippen LogP contribution in [0.3, 0.4) is 0 Å². The molecule has 0 fully saturated rings. The highest BCUT2D eigenvalue weighted by Crippen LogP contribution is 2.36. The van der Waals surface area contributed by atoms with Crippen LogP contribution < -0.4 is 10.1 Å². The number of hydrogen-bond acceptors (Lipinski definition) is 6. The highest BCUT2D eigenvalue weighted by molar-refractivity contribution is 6.06. The third-order valence-corrected chi connectivity index (χ3v) is 5.75. The van der Waals surface area contributed by atoms with Crippen LogP contribution in [0, 0.1) is 0 Å². The zero-order valence-corrected chi connectivity index (χ0v) is 18.5. The quantitative estimate of drug-likeness (QED) is 0.451. The molecule has 2 heterocycles. The predicted molar refractivity (Wildman–Crippen MR) is 127 cm³/mol. The maximum Gasteiger partial charge on any atom is 0.275 e. The van der Waals surface area contributed by atoms with Crippen molar-refractivity contribution in [1.82, 2.24) is 19.5 Å². The van der Waals surface area contributed by atoms with Crippen molar-refractivity contribution in [3.63, 3.8) is 0 Å². The fourth-order valence-electron chi connectivity index (χ4n) is 4.06. The van der Waals surface area contributed by atoms with Crippen molar-refractivity contribution in [2.75, 3.05) is 11.9 Å². The molecule has 4 aromatic rings. The summed E-state index contributed by atoms with van der Waals surface area (Å²) in [5.74, 6) is 0.204. The fourth-order valence-corrected chi connectivity index (χ4v) is 4.06. The summed E-state index contributed by atoms with van der Waals surface area (Å²) in [7, 11) is 0. The van der Waals surface area contributed by atoms with Crippen LogP contribution in [0.5, 0.6) is 5.75 Å². The Kier molecular flexibility index (Phi) is 6.11. The van der Waals surface area contributed by atoms with E-state index in [1.54, 1.807) is 18.5 Å². The molecular weight excluding hydrogens is 430 g/mol. The van der Waals surface area contributed by atoms with E-state index in [0.29, 0.717) is 43.0 Å². The van der Waals surface area contributed by atoms with Crippen molar-refractivity contribution in [3.05, 3.63) is 90.4 Å². The first kappa shape index (κ1) is 21.5. The lowest BCUT2D eigenvalue weighted by Crippen LogP contribution is -2.20. The van der Waals surface area contributed by atoms with Crippen molar-refractivity contribution in [1.29, 1.82) is 0 Å². The fraction of sp³-hybridized carbons (Fsp3) is 0.192. The molecule has 2 aromatic heterocycles. The summed E-state index contributed by atoms with van der Waals surface area (Å²) in [5.41, 5.74) is 4.10. The maximum absolute atomic E-state index is 12.8. The number of ether oxygens (including phenoxy) is 1. The predicted octanol–water partition coefficient (Wildman–Crippen LogP) is 4.19. The molecule has 0 aliphatic heterocycles. The first-order valence-electron chi connectivity index (χ1n) is 11.2. The van der Waals surface area contributed by atoms with Gasteiger partial charge in [0.25, 0.3) is 5.91 Å². The zero-order valence-electron chi connectivity index (χ0n) is 18.5. The summed E-state index contributed by atoms with van der Waals surface area (Å²) in [6.07, 6.45) is 10.1. The largest absolute Gasteiger partial charge is 0.490 e. The molecule has 1 aliphatic rings. The van der Waals surface area contributed by atoms with Gasteiger partial charge in [-0.15, -0.1) is 0 Å². The van der Waals surface area contributed by atoms with Gasteiger partial charge in [0.1, 0.15) is 18.1 Å². The SMILES string of the molecule is O=C(Nc1c(OCCn2cnc(-c3ccccc3)c2)ccc2c1CCCC2=O)c1cnccn1. The highest BCUT2D eigenvalue weighted by atomic mass is 16.5. The number of ketones is 1. The highest BCUT2D eigenvalue weighted by Gasteiger charge is 2.24. The Balaban J connectivity index is 1.34. The summed E-state index contributed by atoms with van der Waals surface area (Å²) < 4.78 is 8.04. The number of rotatable bonds is 7. The molecular formula is C26H23N5O3. The van der Waals surface area contributed by atoms with E-state index in [1.165, 1.54) is 18.6 Å². The molecule has 8 heteroatoms. The number of nitrogens with zero attached hydrogens (tertiary/aromatic N) is 4. The molecule has 2 aromatic carbocycles. The van der Waals surface area contributed by atoms with Crippen molar-refractivity contribution >= 4 is 17.4 Å². The summed E-state index contributed by atoms with van der Waals surface area (Å²) in [5, 5.41) is 2.91. The van der Waals surface area contributed by atoms with Gasteiger partial charge >= 0.3 is 0 Å². The van der Waals surface area contributed by atoms with Crippen LogP contribution in [0.1, 0.15) is 39.3 Å². The minimum absolute atomic E-state index is 0.0784. The van der Waals surface area contributed by atoms with E-state index in [-0.39, 0.29) is 11.5 Å². The van der Waals surface area contributed by atoms with Crippen LogP contribution in [0.4, 0.5) is 5.69 Å². The number of hydrogen-bond donors (Lipinski definition) is 1. The smallest absolute Gasteiger partial charge is 0.275 e. The minimum atomic E-state index is -0.397. The van der Waals surface area contributed by atoms with Crippen LogP contribution in [-0.4, -0.2) is 37.8 Å². The van der Waals surface area contributed by atoms with Crippen LogP contribution in [-0.2, 0) is 13.0 Å². The second-order valence-electron chi connectivity index (χ2n) is 8.00. The van der Waals surface area contributed by atoms with E-state index in [1.807, 2.05) is 41.1 Å². The average molecular weight is 454 g/mol. The Bertz CT molecular complexity index is 1320. The molecule has 0 atom stereocenters. The Morgan fingerprint density at radius 3 is 2.76 bits per heavy atom. The number of aromatic nitrogens is 4. The van der Waals surface area contributed by atoms with Gasteiger partial charge in [0.2, 0.25) is 0 Å². The number of Topliss-reactive ketones (excluding diaryl/α,β-unsaturated/α-hetero) is 1. The molecule has 8 nitrogen and oxygen atoms in total. The Morgan fingerprint density at radius 1 is 1.06 bits per heavy atom. The molecule has 1 aliphatic carbocycles. The second kappa shape index (κ2) is 9.66. The monoisotopic (exact) mass is 453 g/mol. The van der Waals surface area contributed by atoms with E-state index in [4.69, 9.17) is 4.74 Å². The van der Waals surface area contributed by atoms with Crippen molar-refractivity contribution in [2.24, 2.45) is 0 Å². The van der Waals surface area contributed by atoms with E-state index >= 15 is 0 Å². The van der Waals surface area contributed by atoms with Crippen LogP contribution in [0.2, 0.25) is 0 Å². The average Bonchev–Trinajstić information content (AvgIpc) is 3.35. The van der Waals surface area contributed by atoms with Crippen molar-refractivity contribution in [3.8, 4) is 17.0 Å². The summed E-state index contributed by atoms with van der Waals surface area (Å²) in [6.45, 7) is 0.943. The lowest BCUT2D eigenvalue weighted by atomic mass is 9.89. The van der Waals surface area contributed by atoms with Gasteiger partial charge in [-0.2, -0.15) is 0 Å². The summed E-state index contributed by atoms with van der Waals surface area (Å²) in [6, 6.07) is 13.5. The van der Waals surface area contributed by atoms with E-state index < -0.39 is 5.91 Å². The number of imidazole rings is 1. The van der Waals surface area contributed by atoms with E-state index in [2.05, 4.69) is 20.3 Å². The van der Waals surface area contributed by atoms with Gasteiger partial charge in [-0.05, 0) is 30.5 Å². The molecule has 170 valence electrons. The first-order valence-corrected chi connectivity index (χ1v) is 11.2. The van der Waals surface area contributed by atoms with Gasteiger partial charge in [-0.25, -0.2) is 9.97 Å². The van der Waals surface area contributed by atoms with Crippen molar-refractivity contribution < 1.29 is 14.3 Å². The molecule has 5 rings (SSSR count). The second-order valence-corrected chi connectivity index (χ2v) is 8.00. The zero-order chi connectivity index (χ0) is 23.3. The van der Waals surface area contributed by atoms with E-state index in [0.717, 1.165) is 23.2 Å². The number of nitrogens with one attached hydrogen (secondary N) is 1. The lowest BCUT2D eigenvalue weighted by molar-refractivity contribution is 0.0969. The third-order valence-electron chi connectivity index (χ3n) is 5.75. The van der Waals surface area contributed by atoms with Gasteiger partial charge in [-0.1, -0.05) is 30.3 Å². The Hall–Kier alpha value is -4.33. The van der Waals surface area contributed by atoms with Crippen LogP contribution >= 0.6 is 0 Å². The molecule has 0 bridgehead atoms. The Morgan fingerprint density at radius 2 is 1.94 bits per heavy atom. The molecule has 0 unspecified atom stereocenters. The lowest BCUT2D eigenvalue weighted by Gasteiger charge is -2.22. The normalized spacial score (nSPS) is 12.8. The van der Waals surface area contributed by atoms with Crippen LogP contribution in [0.15, 0.2) is 73.6 Å². The molecule has 0 spiro atoms. The summed E-state index contributed by atoms with van der Waals surface area (Å²) in [4.78, 5) is 37.7. The number of fused-ring (bicyclic) bond motifs is 1. The summed E-state index contributed by atoms with van der Waals surface area (Å²) >= 11 is 0. The number of carbonyl (C=O) groups is 2. The standard InChI is InChI=1S/C26H23N5O3/c32-23-8-4-7-20-19(23)9-10-24(25(20)30-26(33)21-15-27-11-12-28-21)34-14-13-31-16-22(29-17-31)18-5-2-1-3-6-18/h1-3,5-6,9-12,15-17H,4,7-8,13-14H2,(H,30,33). The van der Waals surface area contributed by atoms with Gasteiger partial charge in [0, 0.05) is 36.1 Å². The molecule has 1 amide bonds. The molecule has 0 saturated carbocycles. The van der Waals surface area contributed by atoms with Crippen molar-refractivity contribution in [2.45, 2.75) is 25.8 Å². The minimum Gasteiger partial charge on any atom is -0.490 e. The first-order chi connectivity index (χ1) is 16.7. The number of carbonyl (C=O) groups excluding carboxylic acids is 2. The van der Waals surface area contributed by atoms with Crippen LogP contribution in [0.25, 0.3) is 11.3 Å². The number of amides is 1. The van der Waals surface area contributed by atoms with Gasteiger partial charge < -0.3 is 14.6 Å². The molecule has 0 saturated heterocycles. The van der Waals surface area contributed by atoms with Gasteiger partial charge in [0.15, 0.2) is 5.78 Å². The third kappa shape index (κ3) is 4.56. The van der Waals surface area contributed by atoms with E-state index in [9.17, 15) is 9.59 Å². The number of anilines is 1. The van der Waals surface area contributed by atoms with Gasteiger partial charge in [0.05, 0.1) is 30.5 Å².